The minimum atomic E-state index is 0.658. The predicted molar refractivity (Wildman–Crippen MR) is 79.4 cm³/mol. The molecule has 0 bridgehead atoms. The van der Waals surface area contributed by atoms with Crippen molar-refractivity contribution in [3.63, 3.8) is 0 Å². The van der Waals surface area contributed by atoms with Crippen molar-refractivity contribution in [1.82, 2.24) is 15.0 Å². The minimum absolute atomic E-state index is 0.658. The Balaban J connectivity index is 2.34. The number of rotatable bonds is 4. The first-order valence-electron chi connectivity index (χ1n) is 5.58. The summed E-state index contributed by atoms with van der Waals surface area (Å²) in [7, 11) is 0. The van der Waals surface area contributed by atoms with Crippen LogP contribution in [0.4, 0.5) is 5.82 Å². The van der Waals surface area contributed by atoms with Crippen LogP contribution in [0.25, 0.3) is 11.4 Å². The number of hydrogen-bond donors (Lipinski definition) is 1. The Kier molecular flexibility index (Phi) is 4.66. The van der Waals surface area contributed by atoms with Gasteiger partial charge in [-0.1, -0.05) is 6.92 Å². The van der Waals surface area contributed by atoms with Crippen molar-refractivity contribution < 1.29 is 0 Å². The molecule has 4 nitrogen and oxygen atoms in total. The van der Waals surface area contributed by atoms with Crippen LogP contribution >= 0.6 is 31.9 Å². The Morgan fingerprint density at radius 3 is 2.78 bits per heavy atom. The van der Waals surface area contributed by atoms with Gasteiger partial charge in [0.15, 0.2) is 5.82 Å². The van der Waals surface area contributed by atoms with E-state index in [0.717, 1.165) is 33.3 Å². The SMILES string of the molecule is CCCNc1nc(-c2cncc(Br)c2)ncc1Br. The smallest absolute Gasteiger partial charge is 0.163 e. The van der Waals surface area contributed by atoms with Crippen molar-refractivity contribution in [2.75, 3.05) is 11.9 Å². The van der Waals surface area contributed by atoms with Crippen molar-refractivity contribution in [2.24, 2.45) is 0 Å². The first kappa shape index (κ1) is 13.4. The molecule has 6 heteroatoms. The van der Waals surface area contributed by atoms with Gasteiger partial charge in [0.25, 0.3) is 0 Å². The number of halogens is 2. The predicted octanol–water partition coefficient (Wildman–Crippen LogP) is 3.89. The van der Waals surface area contributed by atoms with Gasteiger partial charge in [0.2, 0.25) is 0 Å². The molecule has 0 spiro atoms. The molecule has 0 aliphatic carbocycles. The molecular formula is C12H12Br2N4. The number of aromatic nitrogens is 3. The van der Waals surface area contributed by atoms with Gasteiger partial charge in [-0.2, -0.15) is 0 Å². The number of hydrogen-bond acceptors (Lipinski definition) is 4. The van der Waals surface area contributed by atoms with E-state index in [-0.39, 0.29) is 0 Å². The van der Waals surface area contributed by atoms with E-state index in [1.165, 1.54) is 0 Å². The third-order valence-corrected chi connectivity index (χ3v) is 3.26. The van der Waals surface area contributed by atoms with Crippen molar-refractivity contribution in [3.8, 4) is 11.4 Å². The standard InChI is InChI=1S/C12H12Br2N4/c1-2-3-16-12-10(14)7-17-11(18-12)8-4-9(13)6-15-5-8/h4-7H,2-3H2,1H3,(H,16,17,18). The Hall–Kier alpha value is -1.01. The molecule has 18 heavy (non-hydrogen) atoms. The van der Waals surface area contributed by atoms with Crippen molar-refractivity contribution >= 4 is 37.7 Å². The van der Waals surface area contributed by atoms with Crippen LogP contribution in [0.2, 0.25) is 0 Å². The molecule has 0 aliphatic heterocycles. The number of nitrogens with one attached hydrogen (secondary N) is 1. The normalized spacial score (nSPS) is 10.4. The van der Waals surface area contributed by atoms with E-state index in [4.69, 9.17) is 0 Å². The summed E-state index contributed by atoms with van der Waals surface area (Å²) in [4.78, 5) is 12.9. The van der Waals surface area contributed by atoms with Crippen LogP contribution in [-0.4, -0.2) is 21.5 Å². The molecule has 0 saturated carbocycles. The van der Waals surface area contributed by atoms with Crippen molar-refractivity contribution in [1.29, 1.82) is 0 Å². The molecule has 0 fully saturated rings. The lowest BCUT2D eigenvalue weighted by Crippen LogP contribution is -2.04. The van der Waals surface area contributed by atoms with E-state index in [1.807, 2.05) is 6.07 Å². The fraction of sp³-hybridized carbons (Fsp3) is 0.250. The maximum atomic E-state index is 4.49. The Morgan fingerprint density at radius 2 is 2.06 bits per heavy atom. The molecule has 0 unspecified atom stereocenters. The Morgan fingerprint density at radius 1 is 1.22 bits per heavy atom. The number of nitrogens with zero attached hydrogens (tertiary/aromatic N) is 3. The summed E-state index contributed by atoms with van der Waals surface area (Å²) in [6, 6.07) is 1.94. The lowest BCUT2D eigenvalue weighted by atomic mass is 10.2. The second kappa shape index (κ2) is 6.24. The maximum Gasteiger partial charge on any atom is 0.163 e. The summed E-state index contributed by atoms with van der Waals surface area (Å²) in [6.07, 6.45) is 6.28. The molecule has 2 aromatic rings. The Labute approximate surface area is 123 Å². The van der Waals surface area contributed by atoms with Gasteiger partial charge >= 0.3 is 0 Å². The fourth-order valence-corrected chi connectivity index (χ4v) is 2.10. The van der Waals surface area contributed by atoms with Crippen LogP contribution in [0.5, 0.6) is 0 Å². The maximum absolute atomic E-state index is 4.49. The summed E-state index contributed by atoms with van der Waals surface area (Å²) in [5.74, 6) is 1.47. The summed E-state index contributed by atoms with van der Waals surface area (Å²) in [6.45, 7) is 2.99. The number of pyridine rings is 1. The average molecular weight is 372 g/mol. The molecule has 1 N–H and O–H groups in total. The van der Waals surface area contributed by atoms with Crippen LogP contribution in [0.15, 0.2) is 33.6 Å². The van der Waals surface area contributed by atoms with Gasteiger partial charge in [-0.05, 0) is 44.3 Å². The second-order valence-corrected chi connectivity index (χ2v) is 5.48. The van der Waals surface area contributed by atoms with Crippen molar-refractivity contribution in [2.45, 2.75) is 13.3 Å². The highest BCUT2D eigenvalue weighted by Gasteiger charge is 2.07. The Bertz CT molecular complexity index is 545. The molecule has 2 heterocycles. The van der Waals surface area contributed by atoms with E-state index >= 15 is 0 Å². The highest BCUT2D eigenvalue weighted by molar-refractivity contribution is 9.10. The highest BCUT2D eigenvalue weighted by atomic mass is 79.9. The van der Waals surface area contributed by atoms with Crippen LogP contribution in [0, 0.1) is 0 Å². The largest absolute Gasteiger partial charge is 0.369 e. The first-order valence-corrected chi connectivity index (χ1v) is 7.16. The summed E-state index contributed by atoms with van der Waals surface area (Å²) >= 11 is 6.83. The van der Waals surface area contributed by atoms with Gasteiger partial charge in [-0.3, -0.25) is 4.98 Å². The zero-order chi connectivity index (χ0) is 13.0. The lowest BCUT2D eigenvalue weighted by molar-refractivity contribution is 0.963. The topological polar surface area (TPSA) is 50.7 Å². The van der Waals surface area contributed by atoms with Crippen molar-refractivity contribution in [3.05, 3.63) is 33.6 Å². The van der Waals surface area contributed by atoms with Crippen LogP contribution in [0.3, 0.4) is 0 Å². The monoisotopic (exact) mass is 370 g/mol. The van der Waals surface area contributed by atoms with E-state index in [9.17, 15) is 0 Å². The van der Waals surface area contributed by atoms with E-state index in [2.05, 4.69) is 59.1 Å². The third-order valence-electron chi connectivity index (χ3n) is 2.25. The lowest BCUT2D eigenvalue weighted by Gasteiger charge is -2.08. The third kappa shape index (κ3) is 3.26. The number of anilines is 1. The van der Waals surface area contributed by atoms with E-state index in [0.29, 0.717) is 5.82 Å². The zero-order valence-electron chi connectivity index (χ0n) is 9.82. The molecule has 94 valence electrons. The molecule has 0 atom stereocenters. The van der Waals surface area contributed by atoms with Gasteiger partial charge < -0.3 is 5.32 Å². The summed E-state index contributed by atoms with van der Waals surface area (Å²) in [5, 5.41) is 3.26. The molecule has 2 aromatic heterocycles. The van der Waals surface area contributed by atoms with Gasteiger partial charge in [0.1, 0.15) is 5.82 Å². The zero-order valence-corrected chi connectivity index (χ0v) is 13.0. The van der Waals surface area contributed by atoms with Gasteiger partial charge in [-0.25, -0.2) is 9.97 Å². The van der Waals surface area contributed by atoms with Crippen LogP contribution < -0.4 is 5.32 Å². The summed E-state index contributed by atoms with van der Waals surface area (Å²) < 4.78 is 1.78. The highest BCUT2D eigenvalue weighted by Crippen LogP contribution is 2.24. The van der Waals surface area contributed by atoms with Gasteiger partial charge in [0, 0.05) is 35.2 Å². The van der Waals surface area contributed by atoms with E-state index in [1.54, 1.807) is 18.6 Å². The minimum Gasteiger partial charge on any atom is -0.369 e. The average Bonchev–Trinajstić information content (AvgIpc) is 2.38. The molecular weight excluding hydrogens is 360 g/mol. The molecule has 0 aromatic carbocycles. The van der Waals surface area contributed by atoms with E-state index < -0.39 is 0 Å². The quantitative estimate of drug-likeness (QED) is 0.885. The van der Waals surface area contributed by atoms with Gasteiger partial charge in [0.05, 0.1) is 4.47 Å². The van der Waals surface area contributed by atoms with Crippen LogP contribution in [-0.2, 0) is 0 Å². The van der Waals surface area contributed by atoms with Crippen LogP contribution in [0.1, 0.15) is 13.3 Å². The molecule has 2 rings (SSSR count). The summed E-state index contributed by atoms with van der Waals surface area (Å²) in [5.41, 5.74) is 0.886. The molecule has 0 saturated heterocycles. The first-order chi connectivity index (χ1) is 8.70. The molecule has 0 radical (unpaired) electrons. The molecule has 0 amide bonds. The second-order valence-electron chi connectivity index (χ2n) is 3.71. The van der Waals surface area contributed by atoms with Gasteiger partial charge in [-0.15, -0.1) is 0 Å². The fourth-order valence-electron chi connectivity index (χ4n) is 1.41. The molecule has 0 aliphatic rings.